The molecule has 3 aromatic rings. The minimum Gasteiger partial charge on any atom is -0.399 e. The van der Waals surface area contributed by atoms with E-state index in [9.17, 15) is 0 Å². The fraction of sp³-hybridized carbons (Fsp3) is 0.250. The lowest BCUT2D eigenvalue weighted by Crippen LogP contribution is -2.01. The molecule has 2 heterocycles. The Kier molecular flexibility index (Phi) is 2.90. The van der Waals surface area contributed by atoms with Gasteiger partial charge in [0, 0.05) is 22.2 Å². The van der Waals surface area contributed by atoms with E-state index in [-0.39, 0.29) is 0 Å². The Morgan fingerprint density at radius 1 is 1.37 bits per heavy atom. The minimum atomic E-state index is 0.592. The van der Waals surface area contributed by atoms with Gasteiger partial charge in [0.15, 0.2) is 5.82 Å². The van der Waals surface area contributed by atoms with Crippen LogP contribution in [0.4, 0.5) is 5.69 Å². The molecule has 0 radical (unpaired) electrons. The van der Waals surface area contributed by atoms with Crippen molar-refractivity contribution in [2.45, 2.75) is 11.4 Å². The average Bonchev–Trinajstić information content (AvgIpc) is 2.96. The van der Waals surface area contributed by atoms with Crippen LogP contribution in [0.5, 0.6) is 0 Å². The van der Waals surface area contributed by atoms with Crippen molar-refractivity contribution in [2.24, 2.45) is 7.05 Å². The first-order chi connectivity index (χ1) is 9.17. The van der Waals surface area contributed by atoms with Gasteiger partial charge in [0.2, 0.25) is 0 Å². The van der Waals surface area contributed by atoms with Gasteiger partial charge in [0.25, 0.3) is 0 Å². The maximum Gasteiger partial charge on any atom is 0.194 e. The summed E-state index contributed by atoms with van der Waals surface area (Å²) in [5, 5.41) is 13.2. The highest BCUT2D eigenvalue weighted by atomic mass is 32.2. The normalized spacial score (nSPS) is 11.3. The van der Waals surface area contributed by atoms with Gasteiger partial charge in [-0.05, 0) is 29.7 Å². The highest BCUT2D eigenvalue weighted by molar-refractivity contribution is 7.98. The molecule has 0 bridgehead atoms. The van der Waals surface area contributed by atoms with Crippen LogP contribution >= 0.6 is 11.8 Å². The molecule has 0 aliphatic carbocycles. The van der Waals surface area contributed by atoms with Gasteiger partial charge in [-0.3, -0.25) is 0 Å². The summed E-state index contributed by atoms with van der Waals surface area (Å²) in [6, 6.07) is 6.07. The van der Waals surface area contributed by atoms with E-state index in [4.69, 9.17) is 5.73 Å². The summed E-state index contributed by atoms with van der Waals surface area (Å²) in [7, 11) is 1.76. The number of hydrogen-bond acceptors (Lipinski definition) is 5. The van der Waals surface area contributed by atoms with Gasteiger partial charge >= 0.3 is 0 Å². The topological polar surface area (TPSA) is 74.6 Å². The van der Waals surface area contributed by atoms with E-state index in [0.717, 1.165) is 11.2 Å². The second-order valence-electron chi connectivity index (χ2n) is 4.29. The average molecular weight is 274 g/mol. The summed E-state index contributed by atoms with van der Waals surface area (Å²) < 4.78 is 2.09. The van der Waals surface area contributed by atoms with Gasteiger partial charge in [-0.2, -0.15) is 4.80 Å². The Morgan fingerprint density at radius 2 is 2.21 bits per heavy atom. The highest BCUT2D eigenvalue weighted by Crippen LogP contribution is 2.30. The molecule has 7 heteroatoms. The summed E-state index contributed by atoms with van der Waals surface area (Å²) >= 11 is 1.70. The summed E-state index contributed by atoms with van der Waals surface area (Å²) in [5.41, 5.74) is 7.81. The predicted octanol–water partition coefficient (Wildman–Crippen LogP) is 1.52. The molecule has 0 saturated carbocycles. The van der Waals surface area contributed by atoms with E-state index >= 15 is 0 Å². The van der Waals surface area contributed by atoms with E-state index in [1.165, 1.54) is 15.1 Å². The molecular weight excluding hydrogens is 260 g/mol. The van der Waals surface area contributed by atoms with Crippen LogP contribution in [0.3, 0.4) is 0 Å². The molecule has 2 N–H and O–H groups in total. The quantitative estimate of drug-likeness (QED) is 0.579. The van der Waals surface area contributed by atoms with Gasteiger partial charge < -0.3 is 10.3 Å². The van der Waals surface area contributed by atoms with Crippen LogP contribution in [0.1, 0.15) is 5.82 Å². The lowest BCUT2D eigenvalue weighted by atomic mass is 10.2. The molecule has 0 spiro atoms. The number of fused-ring (bicyclic) bond motifs is 1. The van der Waals surface area contributed by atoms with Crippen molar-refractivity contribution < 1.29 is 0 Å². The number of anilines is 1. The third kappa shape index (κ3) is 2.17. The van der Waals surface area contributed by atoms with Crippen LogP contribution in [0.2, 0.25) is 0 Å². The maximum absolute atomic E-state index is 5.95. The molecule has 3 rings (SSSR count). The van der Waals surface area contributed by atoms with E-state index < -0.39 is 0 Å². The lowest BCUT2D eigenvalue weighted by Gasteiger charge is -2.05. The van der Waals surface area contributed by atoms with Crippen LogP contribution in [0, 0.1) is 0 Å². The van der Waals surface area contributed by atoms with E-state index in [2.05, 4.69) is 32.3 Å². The summed E-state index contributed by atoms with van der Waals surface area (Å²) in [5.74, 6) is 0.688. The van der Waals surface area contributed by atoms with Crippen molar-refractivity contribution in [1.82, 2.24) is 24.8 Å². The SMILES string of the molecule is CSc1cc(N)cc2c1ccn2Cc1nnn(C)n1. The molecule has 0 fully saturated rings. The molecule has 0 aliphatic heterocycles. The minimum absolute atomic E-state index is 0.592. The van der Waals surface area contributed by atoms with Gasteiger partial charge in [0.1, 0.15) is 0 Å². The van der Waals surface area contributed by atoms with Gasteiger partial charge in [-0.25, -0.2) is 0 Å². The number of benzene rings is 1. The Balaban J connectivity index is 2.07. The van der Waals surface area contributed by atoms with Gasteiger partial charge in [0.05, 0.1) is 19.1 Å². The summed E-state index contributed by atoms with van der Waals surface area (Å²) in [6.45, 7) is 0.592. The highest BCUT2D eigenvalue weighted by Gasteiger charge is 2.09. The number of nitrogens with two attached hydrogens (primary N) is 1. The molecular formula is C12H14N6S. The number of thioether (sulfide) groups is 1. The number of rotatable bonds is 3. The molecule has 0 amide bonds. The number of nitrogen functional groups attached to an aromatic ring is 1. The third-order valence-corrected chi connectivity index (χ3v) is 3.73. The molecule has 0 saturated heterocycles. The second-order valence-corrected chi connectivity index (χ2v) is 5.14. The molecule has 0 aliphatic rings. The Hall–Kier alpha value is -2.02. The number of hydrogen-bond donors (Lipinski definition) is 1. The Labute approximate surface area is 114 Å². The first-order valence-corrected chi connectivity index (χ1v) is 7.05. The zero-order valence-electron chi connectivity index (χ0n) is 10.7. The van der Waals surface area contributed by atoms with Gasteiger partial charge in [-0.15, -0.1) is 22.0 Å². The Morgan fingerprint density at radius 3 is 2.89 bits per heavy atom. The van der Waals surface area contributed by atoms with Crippen molar-refractivity contribution in [3.63, 3.8) is 0 Å². The van der Waals surface area contributed by atoms with E-state index in [0.29, 0.717) is 12.4 Å². The zero-order chi connectivity index (χ0) is 13.4. The number of nitrogens with zero attached hydrogens (tertiary/aromatic N) is 5. The fourth-order valence-electron chi connectivity index (χ4n) is 2.13. The van der Waals surface area contributed by atoms with Crippen LogP contribution in [-0.4, -0.2) is 31.0 Å². The Bertz CT molecular complexity index is 729. The monoisotopic (exact) mass is 274 g/mol. The molecule has 0 atom stereocenters. The van der Waals surface area contributed by atoms with Crippen LogP contribution < -0.4 is 5.73 Å². The van der Waals surface area contributed by atoms with Crippen LogP contribution in [0.25, 0.3) is 10.9 Å². The van der Waals surface area contributed by atoms with Crippen molar-refractivity contribution in [1.29, 1.82) is 0 Å². The summed E-state index contributed by atoms with van der Waals surface area (Å²) in [4.78, 5) is 2.64. The van der Waals surface area contributed by atoms with Crippen molar-refractivity contribution in [3.05, 3.63) is 30.2 Å². The van der Waals surface area contributed by atoms with Crippen LogP contribution in [-0.2, 0) is 13.6 Å². The first kappa shape index (κ1) is 12.0. The van der Waals surface area contributed by atoms with Crippen molar-refractivity contribution in [2.75, 3.05) is 12.0 Å². The fourth-order valence-corrected chi connectivity index (χ4v) is 2.77. The lowest BCUT2D eigenvalue weighted by molar-refractivity contribution is 0.626. The van der Waals surface area contributed by atoms with E-state index in [1.54, 1.807) is 18.8 Å². The molecule has 2 aromatic heterocycles. The summed E-state index contributed by atoms with van der Waals surface area (Å²) in [6.07, 6.45) is 4.08. The third-order valence-electron chi connectivity index (χ3n) is 2.95. The van der Waals surface area contributed by atoms with E-state index in [1.807, 2.05) is 18.3 Å². The van der Waals surface area contributed by atoms with Crippen LogP contribution in [0.15, 0.2) is 29.3 Å². The molecule has 0 unspecified atom stereocenters. The zero-order valence-corrected chi connectivity index (χ0v) is 11.6. The molecule has 6 nitrogen and oxygen atoms in total. The predicted molar refractivity (Wildman–Crippen MR) is 76.0 cm³/mol. The number of aryl methyl sites for hydroxylation is 1. The molecule has 19 heavy (non-hydrogen) atoms. The number of tetrazole rings is 1. The number of aromatic nitrogens is 5. The first-order valence-electron chi connectivity index (χ1n) is 5.82. The maximum atomic E-state index is 5.95. The second kappa shape index (κ2) is 4.58. The molecule has 1 aromatic carbocycles. The molecule has 98 valence electrons. The standard InChI is InChI=1S/C12H14N6S/c1-17-15-12(14-16-17)7-18-4-3-9-10(18)5-8(13)6-11(9)19-2/h3-6H,7,13H2,1-2H3. The van der Waals surface area contributed by atoms with Gasteiger partial charge in [-0.1, -0.05) is 0 Å². The van der Waals surface area contributed by atoms with Crippen molar-refractivity contribution >= 4 is 28.4 Å². The smallest absolute Gasteiger partial charge is 0.194 e. The largest absolute Gasteiger partial charge is 0.399 e. The van der Waals surface area contributed by atoms with Crippen molar-refractivity contribution in [3.8, 4) is 0 Å².